The normalized spacial score (nSPS) is 17.0. The molecule has 162 valence electrons. The summed E-state index contributed by atoms with van der Waals surface area (Å²) < 4.78 is 5.69. The van der Waals surface area contributed by atoms with Crippen LogP contribution in [0.15, 0.2) is 23.5 Å². The zero-order valence-corrected chi connectivity index (χ0v) is 19.1. The van der Waals surface area contributed by atoms with Crippen molar-refractivity contribution in [3.8, 4) is 0 Å². The smallest absolute Gasteiger partial charge is 0.310 e. The summed E-state index contributed by atoms with van der Waals surface area (Å²) >= 11 is 0. The Balaban J connectivity index is 1.97. The van der Waals surface area contributed by atoms with E-state index in [0.717, 1.165) is 37.9 Å². The first kappa shape index (κ1) is 25.0. The second-order valence-corrected chi connectivity index (χ2v) is 8.96. The van der Waals surface area contributed by atoms with Crippen LogP contribution in [0.2, 0.25) is 0 Å². The molecule has 1 rings (SSSR count). The Morgan fingerprint density at radius 1 is 0.929 bits per heavy atom. The van der Waals surface area contributed by atoms with Crippen LogP contribution >= 0.6 is 0 Å². The molecule has 0 fully saturated rings. The third-order valence-corrected chi connectivity index (χ3v) is 6.19. The minimum atomic E-state index is -0.0419. The Morgan fingerprint density at radius 3 is 1.93 bits per heavy atom. The second kappa shape index (κ2) is 15.8. The highest BCUT2D eigenvalue weighted by Gasteiger charge is 2.22. The molecule has 0 heterocycles. The molecule has 0 aromatic carbocycles. The van der Waals surface area contributed by atoms with Crippen LogP contribution in [0, 0.1) is 5.92 Å². The van der Waals surface area contributed by atoms with Crippen molar-refractivity contribution in [1.29, 1.82) is 0 Å². The number of carbonyl (C=O) groups excluding carboxylic acids is 1. The van der Waals surface area contributed by atoms with Crippen LogP contribution in [-0.4, -0.2) is 5.97 Å². The van der Waals surface area contributed by atoms with Crippen LogP contribution in [0.4, 0.5) is 0 Å². The molecular formula is C26H46O2. The van der Waals surface area contributed by atoms with E-state index in [1.54, 1.807) is 0 Å². The van der Waals surface area contributed by atoms with Crippen LogP contribution in [0.25, 0.3) is 0 Å². The van der Waals surface area contributed by atoms with E-state index in [9.17, 15) is 4.79 Å². The average Bonchev–Trinajstić information content (AvgIpc) is 2.67. The van der Waals surface area contributed by atoms with Crippen LogP contribution in [0.3, 0.4) is 0 Å². The van der Waals surface area contributed by atoms with Gasteiger partial charge in [-0.3, -0.25) is 4.79 Å². The van der Waals surface area contributed by atoms with Gasteiger partial charge in [0.05, 0.1) is 0 Å². The first-order valence-electron chi connectivity index (χ1n) is 12.1. The van der Waals surface area contributed by atoms with Gasteiger partial charge in [-0.1, -0.05) is 96.1 Å². The minimum Gasteiger partial charge on any atom is -0.431 e. The Labute approximate surface area is 175 Å². The van der Waals surface area contributed by atoms with Crippen molar-refractivity contribution in [2.45, 2.75) is 130 Å². The molecule has 0 N–H and O–H groups in total. The summed E-state index contributed by atoms with van der Waals surface area (Å²) in [7, 11) is 0. The maximum atomic E-state index is 12.2. The highest BCUT2D eigenvalue weighted by molar-refractivity contribution is 5.70. The van der Waals surface area contributed by atoms with Gasteiger partial charge in [0.2, 0.25) is 0 Å². The number of hydrogen-bond donors (Lipinski definition) is 0. The van der Waals surface area contributed by atoms with E-state index in [1.807, 2.05) is 0 Å². The fourth-order valence-electron chi connectivity index (χ4n) is 4.06. The summed E-state index contributed by atoms with van der Waals surface area (Å²) in [5.74, 6) is 1.35. The third kappa shape index (κ3) is 11.7. The summed E-state index contributed by atoms with van der Waals surface area (Å²) in [4.78, 5) is 12.2. The Morgan fingerprint density at radius 2 is 1.43 bits per heavy atom. The molecule has 0 radical (unpaired) electrons. The van der Waals surface area contributed by atoms with Crippen LogP contribution in [0.5, 0.6) is 0 Å². The SMILES string of the molecule is C=C(C)[C@@H]1CCC(C)=C(OC(=O)CCCCCCCCCCCCCCC)C1. The number of hydrogen-bond acceptors (Lipinski definition) is 2. The molecule has 1 aliphatic rings. The third-order valence-electron chi connectivity index (χ3n) is 6.19. The van der Waals surface area contributed by atoms with Crippen molar-refractivity contribution in [2.75, 3.05) is 0 Å². The molecule has 1 atom stereocenters. The number of allylic oxidation sites excluding steroid dienone is 3. The number of esters is 1. The van der Waals surface area contributed by atoms with Gasteiger partial charge >= 0.3 is 5.97 Å². The maximum absolute atomic E-state index is 12.2. The summed E-state index contributed by atoms with van der Waals surface area (Å²) in [6.07, 6.45) is 20.8. The topological polar surface area (TPSA) is 26.3 Å². The molecule has 0 aromatic rings. The average molecular weight is 391 g/mol. The van der Waals surface area contributed by atoms with E-state index in [0.29, 0.717) is 12.3 Å². The highest BCUT2D eigenvalue weighted by atomic mass is 16.5. The lowest BCUT2D eigenvalue weighted by atomic mass is 9.85. The van der Waals surface area contributed by atoms with Crippen molar-refractivity contribution in [2.24, 2.45) is 5.92 Å². The van der Waals surface area contributed by atoms with Gasteiger partial charge in [-0.05, 0) is 44.6 Å². The molecule has 1 aliphatic carbocycles. The molecule has 0 amide bonds. The van der Waals surface area contributed by atoms with Crippen molar-refractivity contribution in [1.82, 2.24) is 0 Å². The quantitative estimate of drug-likeness (QED) is 0.150. The van der Waals surface area contributed by atoms with Crippen LogP contribution < -0.4 is 0 Å². The van der Waals surface area contributed by atoms with E-state index < -0.39 is 0 Å². The van der Waals surface area contributed by atoms with Crippen LogP contribution in [-0.2, 0) is 9.53 Å². The fourth-order valence-corrected chi connectivity index (χ4v) is 4.06. The molecule has 0 aliphatic heterocycles. The number of unbranched alkanes of at least 4 members (excludes halogenated alkanes) is 12. The van der Waals surface area contributed by atoms with Gasteiger partial charge in [-0.2, -0.15) is 0 Å². The lowest BCUT2D eigenvalue weighted by molar-refractivity contribution is -0.140. The Bertz CT molecular complexity index is 475. The zero-order chi connectivity index (χ0) is 20.6. The van der Waals surface area contributed by atoms with Gasteiger partial charge in [0.25, 0.3) is 0 Å². The fraction of sp³-hybridized carbons (Fsp3) is 0.808. The lowest BCUT2D eigenvalue weighted by Crippen LogP contribution is -2.15. The lowest BCUT2D eigenvalue weighted by Gasteiger charge is -2.25. The van der Waals surface area contributed by atoms with Crippen molar-refractivity contribution in [3.63, 3.8) is 0 Å². The standard InChI is InChI=1S/C26H46O2/c1-5-6-7-8-9-10-11-12-13-14-15-16-17-18-26(27)28-25-21-24(22(2)3)20-19-23(25)4/h24H,2,5-21H2,1,3-4H3/t24-/m1/s1. The zero-order valence-electron chi connectivity index (χ0n) is 19.1. The largest absolute Gasteiger partial charge is 0.431 e. The highest BCUT2D eigenvalue weighted by Crippen LogP contribution is 2.33. The van der Waals surface area contributed by atoms with Gasteiger partial charge in [0.15, 0.2) is 0 Å². The number of ether oxygens (including phenoxy) is 1. The predicted molar refractivity (Wildman–Crippen MR) is 121 cm³/mol. The molecule has 0 saturated carbocycles. The summed E-state index contributed by atoms with van der Waals surface area (Å²) in [5, 5.41) is 0. The summed E-state index contributed by atoms with van der Waals surface area (Å²) in [5.41, 5.74) is 2.45. The first-order chi connectivity index (χ1) is 13.5. The van der Waals surface area contributed by atoms with Gasteiger partial charge in [-0.25, -0.2) is 0 Å². The maximum Gasteiger partial charge on any atom is 0.310 e. The molecule has 28 heavy (non-hydrogen) atoms. The Hall–Kier alpha value is -1.05. The number of rotatable bonds is 16. The van der Waals surface area contributed by atoms with Crippen LogP contribution in [0.1, 0.15) is 130 Å². The Kier molecular flexibility index (Phi) is 14.1. The monoisotopic (exact) mass is 390 g/mol. The summed E-state index contributed by atoms with van der Waals surface area (Å²) in [6.45, 7) is 10.5. The van der Waals surface area contributed by atoms with E-state index in [4.69, 9.17) is 4.74 Å². The van der Waals surface area contributed by atoms with Gasteiger partial charge in [0.1, 0.15) is 5.76 Å². The molecule has 0 spiro atoms. The molecule has 2 nitrogen and oxygen atoms in total. The molecule has 0 aromatic heterocycles. The minimum absolute atomic E-state index is 0.0419. The van der Waals surface area contributed by atoms with Crippen molar-refractivity contribution < 1.29 is 9.53 Å². The second-order valence-electron chi connectivity index (χ2n) is 8.96. The van der Waals surface area contributed by atoms with E-state index in [-0.39, 0.29) is 5.97 Å². The van der Waals surface area contributed by atoms with E-state index >= 15 is 0 Å². The van der Waals surface area contributed by atoms with Gasteiger partial charge < -0.3 is 4.74 Å². The van der Waals surface area contributed by atoms with E-state index in [1.165, 1.54) is 81.8 Å². The molecule has 0 unspecified atom stereocenters. The molecule has 0 saturated heterocycles. The van der Waals surface area contributed by atoms with Crippen molar-refractivity contribution >= 4 is 5.97 Å². The summed E-state index contributed by atoms with van der Waals surface area (Å²) in [6, 6.07) is 0. The van der Waals surface area contributed by atoms with Gasteiger partial charge in [-0.15, -0.1) is 0 Å². The predicted octanol–water partition coefficient (Wildman–Crippen LogP) is 8.66. The molecule has 0 bridgehead atoms. The molecule has 2 heteroatoms. The number of carbonyl (C=O) groups is 1. The van der Waals surface area contributed by atoms with Gasteiger partial charge in [0, 0.05) is 12.8 Å². The van der Waals surface area contributed by atoms with E-state index in [2.05, 4.69) is 27.4 Å². The van der Waals surface area contributed by atoms with Crippen molar-refractivity contribution in [3.05, 3.63) is 23.5 Å². The first-order valence-corrected chi connectivity index (χ1v) is 12.1. The molecular weight excluding hydrogens is 344 g/mol.